The minimum atomic E-state index is -1.53. The van der Waals surface area contributed by atoms with Crippen LogP contribution in [-0.2, 0) is 19.2 Å². The Morgan fingerprint density at radius 2 is 0.468 bits per heavy atom. The van der Waals surface area contributed by atoms with Crippen molar-refractivity contribution >= 4 is 102 Å². The molecule has 2 aliphatic heterocycles. The second-order valence-corrected chi connectivity index (χ2v) is 30.3. The second-order valence-electron chi connectivity index (χ2n) is 30.3. The Kier molecular flexibility index (Phi) is 21.8. The van der Waals surface area contributed by atoms with Gasteiger partial charge in [-0.05, 0) is 244 Å². The van der Waals surface area contributed by atoms with Gasteiger partial charge < -0.3 is 58.0 Å². The van der Waals surface area contributed by atoms with Crippen LogP contribution in [-0.4, -0.2) is 69.3 Å². The lowest BCUT2D eigenvalue weighted by molar-refractivity contribution is -0.130. The van der Waals surface area contributed by atoms with E-state index in [2.05, 4.69) is 23.8 Å². The predicted molar refractivity (Wildman–Crippen MR) is 469 cm³/mol. The molecule has 0 fully saturated rings. The molecule has 17 rings (SSSR count). The van der Waals surface area contributed by atoms with Crippen molar-refractivity contribution in [3.8, 4) is 103 Å². The normalized spacial score (nSPS) is 12.7. The van der Waals surface area contributed by atoms with E-state index >= 15 is 28.8 Å². The summed E-state index contributed by atoms with van der Waals surface area (Å²) in [5.74, 6) is -3.20. The maximum Gasteiger partial charge on any atom is 0.338 e. The van der Waals surface area contributed by atoms with Gasteiger partial charge >= 0.3 is 11.9 Å². The molecule has 15 aromatic carbocycles. The van der Waals surface area contributed by atoms with Crippen LogP contribution in [0.3, 0.4) is 0 Å². The quantitative estimate of drug-likeness (QED) is 0.0115. The van der Waals surface area contributed by atoms with Gasteiger partial charge in [-0.25, -0.2) is 9.59 Å². The molecule has 0 bridgehead atoms. The van der Waals surface area contributed by atoms with Crippen molar-refractivity contribution in [2.75, 3.05) is 10.6 Å². The summed E-state index contributed by atoms with van der Waals surface area (Å²) in [7, 11) is 0. The third-order valence-electron chi connectivity index (χ3n) is 20.8. The molecule has 0 radical (unpaired) electrons. The van der Waals surface area contributed by atoms with E-state index in [0.29, 0.717) is 46.0 Å². The summed E-state index contributed by atoms with van der Waals surface area (Å²) < 4.78 is 65.5. The largest absolute Gasteiger partial charge is 0.457 e. The van der Waals surface area contributed by atoms with Gasteiger partial charge in [-0.1, -0.05) is 114 Å². The summed E-state index contributed by atoms with van der Waals surface area (Å²) >= 11 is 0. The van der Waals surface area contributed by atoms with E-state index in [4.69, 9.17) is 47.4 Å². The van der Waals surface area contributed by atoms with Gasteiger partial charge in [0.15, 0.2) is 0 Å². The maximum atomic E-state index is 16.7. The molecule has 6 amide bonds. The molecule has 2 N–H and O–H groups in total. The van der Waals surface area contributed by atoms with E-state index in [1.54, 1.807) is 173 Å². The zero-order valence-corrected chi connectivity index (χ0v) is 67.7. The first-order valence-corrected chi connectivity index (χ1v) is 39.8. The third kappa shape index (κ3) is 16.1. The summed E-state index contributed by atoms with van der Waals surface area (Å²) in [4.78, 5) is 124. The molecule has 15 aromatic rings. The summed E-state index contributed by atoms with van der Waals surface area (Å²) in [6.45, 7) is 17.2. The molecule has 0 aliphatic carbocycles. The van der Waals surface area contributed by atoms with E-state index in [-0.39, 0.29) is 145 Å². The van der Waals surface area contributed by atoms with Gasteiger partial charge in [-0.15, -0.1) is 0 Å². The van der Waals surface area contributed by atoms with Gasteiger partial charge in [0.05, 0.1) is 22.3 Å². The number of fused-ring (bicyclic) bond motifs is 2. The molecule has 2 atom stereocenters. The first-order chi connectivity index (χ1) is 60.0. The van der Waals surface area contributed by atoms with Crippen molar-refractivity contribution in [3.63, 3.8) is 0 Å². The number of anilines is 2. The number of rotatable bonds is 28. The Hall–Kier alpha value is -16.4. The number of imide groups is 2. The van der Waals surface area contributed by atoms with Crippen LogP contribution < -0.4 is 58.0 Å². The SMILES string of the molecule is C=C(C)C(=O)Oc1ccc(NC(=O)C(C(C)C)N2C(=O)c3cc(Oc4ccc(Oc5ccccc5)cc4)c4c5c(Oc6ccc(Oc7ccccc7)cc6)cc6c7c(cc(Oc8ccc(Oc9ccccc9)cc8)c(c8c(Oc9ccc(Oc%10ccccc%10)cc9)cc(c3c48)C2=O)c75)C(=O)N(C(C(=O)Nc2ccc(OC(=O)C(=C)C)cc2)C(C)C)C6=O)cc1. The Bertz CT molecular complexity index is 6040. The summed E-state index contributed by atoms with van der Waals surface area (Å²) in [6.07, 6.45) is 0. The smallest absolute Gasteiger partial charge is 0.338 e. The Labute approximate surface area is 710 Å². The molecular weight excluding hydrogens is 1570 g/mol. The van der Waals surface area contributed by atoms with Crippen molar-refractivity contribution in [3.05, 3.63) is 338 Å². The van der Waals surface area contributed by atoms with Gasteiger partial charge in [0.1, 0.15) is 116 Å². The van der Waals surface area contributed by atoms with Crippen LogP contribution in [0.1, 0.15) is 83.0 Å². The molecule has 2 aliphatic rings. The molecule has 22 heteroatoms. The maximum absolute atomic E-state index is 16.7. The zero-order valence-electron chi connectivity index (χ0n) is 67.7. The van der Waals surface area contributed by atoms with Crippen molar-refractivity contribution in [2.24, 2.45) is 11.8 Å². The highest BCUT2D eigenvalue weighted by atomic mass is 16.5. The number of hydrogen-bond acceptors (Lipinski definition) is 18. The average Bonchev–Trinajstić information content (AvgIpc) is 0.669. The number of carbonyl (C=O) groups excluding carboxylic acids is 8. The standard InChI is InChI=1S/C102H76N4O18/c1-57(2)93(95(107)103-61-29-33-75(34-30-61)123-101(113)59(5)6)105-97(109)77-53-81(119-71-45-37-67(38-46-71)115-63-21-13-9-14-22-63)87-89-83(121-73-49-41-69(42-50-73)117-65-25-17-11-18-26-65)55-79-86-80(100(112)106(99(79)111)94(58(3)4)96(108)104-62-31-35-76(36-32-62)124-102(114)60(7)8)56-84(122-74-51-43-70(44-52-74)118-66-27-19-12-20-28-66)90(92(86)89)88-82(54-78(98(105)110)85(77)91(87)88)120-72-47-39-68(40-48-72)116-64-23-15-10-16-24-64/h9-58,93-94H,5,7H2,1-4,6,8H3,(H,103,107)(H,104,108). The lowest BCUT2D eigenvalue weighted by Gasteiger charge is -2.37. The van der Waals surface area contributed by atoms with Crippen LogP contribution in [0, 0.1) is 11.8 Å². The highest BCUT2D eigenvalue weighted by molar-refractivity contribution is 6.45. The van der Waals surface area contributed by atoms with Crippen LogP contribution in [0.15, 0.2) is 315 Å². The number of para-hydroxylation sites is 4. The van der Waals surface area contributed by atoms with E-state index in [1.807, 2.05) is 72.8 Å². The molecule has 2 unspecified atom stereocenters. The minimum Gasteiger partial charge on any atom is -0.457 e. The first-order valence-electron chi connectivity index (χ1n) is 39.8. The van der Waals surface area contributed by atoms with Gasteiger partial charge in [0, 0.05) is 65.6 Å². The lowest BCUT2D eigenvalue weighted by atomic mass is 9.80. The van der Waals surface area contributed by atoms with Crippen molar-refractivity contribution in [1.82, 2.24) is 9.80 Å². The number of benzene rings is 15. The summed E-state index contributed by atoms with van der Waals surface area (Å²) in [6, 6.07) is 78.4. The number of nitrogens with zero attached hydrogens (tertiary/aromatic N) is 2. The van der Waals surface area contributed by atoms with Crippen LogP contribution in [0.5, 0.6) is 103 Å². The van der Waals surface area contributed by atoms with E-state index < -0.39 is 71.3 Å². The van der Waals surface area contributed by atoms with Crippen LogP contribution in [0.2, 0.25) is 0 Å². The molecule has 612 valence electrons. The number of carbonyl (C=O) groups is 8. The predicted octanol–water partition coefficient (Wildman–Crippen LogP) is 23.6. The molecular formula is C102H76N4O18. The fourth-order valence-corrected chi connectivity index (χ4v) is 15.2. The fraction of sp³-hybridized carbons (Fsp3) is 0.0980. The molecule has 22 nitrogen and oxygen atoms in total. The zero-order chi connectivity index (χ0) is 86.1. The van der Waals surface area contributed by atoms with E-state index in [9.17, 15) is 9.59 Å². The number of nitrogens with one attached hydrogen (secondary N) is 2. The van der Waals surface area contributed by atoms with Gasteiger partial charge in [-0.2, -0.15) is 0 Å². The van der Waals surface area contributed by atoms with Crippen LogP contribution >= 0.6 is 0 Å². The molecule has 0 aromatic heterocycles. The molecule has 0 spiro atoms. The average molecular weight is 1650 g/mol. The van der Waals surface area contributed by atoms with E-state index in [0.717, 1.165) is 9.80 Å². The van der Waals surface area contributed by atoms with Crippen LogP contribution in [0.4, 0.5) is 11.4 Å². The fourth-order valence-electron chi connectivity index (χ4n) is 15.2. The Morgan fingerprint density at radius 1 is 0.266 bits per heavy atom. The topological polar surface area (TPSA) is 259 Å². The third-order valence-corrected chi connectivity index (χ3v) is 20.8. The molecule has 0 saturated carbocycles. The highest BCUT2D eigenvalue weighted by Gasteiger charge is 2.48. The van der Waals surface area contributed by atoms with Gasteiger partial charge in [-0.3, -0.25) is 38.6 Å². The monoisotopic (exact) mass is 1640 g/mol. The molecule has 124 heavy (non-hydrogen) atoms. The number of ether oxygens (including phenoxy) is 10. The number of esters is 2. The van der Waals surface area contributed by atoms with Crippen molar-refractivity contribution in [1.29, 1.82) is 0 Å². The summed E-state index contributed by atoms with van der Waals surface area (Å²) in [5, 5.41) is 6.79. The van der Waals surface area contributed by atoms with Crippen molar-refractivity contribution in [2.45, 2.75) is 53.6 Å². The van der Waals surface area contributed by atoms with Gasteiger partial charge in [0.2, 0.25) is 11.8 Å². The van der Waals surface area contributed by atoms with Crippen molar-refractivity contribution < 1.29 is 85.7 Å². The Balaban J connectivity index is 0.944. The number of hydrogen-bond donors (Lipinski definition) is 2. The molecule has 2 heterocycles. The van der Waals surface area contributed by atoms with Gasteiger partial charge in [0.25, 0.3) is 23.6 Å². The summed E-state index contributed by atoms with van der Waals surface area (Å²) in [5.41, 5.74) is 0.337. The Morgan fingerprint density at radius 3 is 0.677 bits per heavy atom. The first kappa shape index (κ1) is 80.1. The minimum absolute atomic E-state index is 0.0560. The number of amides is 6. The lowest BCUT2D eigenvalue weighted by Crippen LogP contribution is -2.54. The molecule has 0 saturated heterocycles. The van der Waals surface area contributed by atoms with Crippen LogP contribution in [0.25, 0.3) is 43.1 Å². The van der Waals surface area contributed by atoms with E-state index in [1.165, 1.54) is 86.6 Å². The highest BCUT2D eigenvalue weighted by Crippen LogP contribution is 2.59. The second kappa shape index (κ2) is 33.8.